The van der Waals surface area contributed by atoms with Gasteiger partial charge >= 0.3 is 0 Å². The van der Waals surface area contributed by atoms with Crippen molar-refractivity contribution in [1.29, 1.82) is 0 Å². The van der Waals surface area contributed by atoms with E-state index in [1.807, 2.05) is 6.92 Å². The molecule has 0 bridgehead atoms. The molecule has 0 radical (unpaired) electrons. The van der Waals surface area contributed by atoms with Crippen molar-refractivity contribution in [1.82, 2.24) is 10.6 Å². The molecule has 1 atom stereocenters. The molecule has 0 spiro atoms. The molecule has 0 aliphatic carbocycles. The molecule has 0 aromatic rings. The first-order valence-corrected chi connectivity index (χ1v) is 8.03. The van der Waals surface area contributed by atoms with E-state index in [-0.39, 0.29) is 11.8 Å². The maximum atomic E-state index is 12.0. The molecule has 130 valence electrons. The van der Waals surface area contributed by atoms with Gasteiger partial charge in [0, 0.05) is 46.8 Å². The number of rotatable bonds is 13. The van der Waals surface area contributed by atoms with Crippen molar-refractivity contribution in [2.45, 2.75) is 57.9 Å². The van der Waals surface area contributed by atoms with Crippen LogP contribution in [0, 0.1) is 0 Å². The van der Waals surface area contributed by atoms with Gasteiger partial charge in [0.15, 0.2) is 0 Å². The molecule has 0 aliphatic rings. The Morgan fingerprint density at radius 3 is 2.05 bits per heavy atom. The van der Waals surface area contributed by atoms with Crippen molar-refractivity contribution < 1.29 is 19.1 Å². The highest BCUT2D eigenvalue weighted by molar-refractivity contribution is 5.78. The van der Waals surface area contributed by atoms with Gasteiger partial charge in [-0.05, 0) is 26.2 Å². The van der Waals surface area contributed by atoms with Gasteiger partial charge < -0.3 is 20.1 Å². The molecule has 0 rings (SSSR count). The van der Waals surface area contributed by atoms with Crippen LogP contribution in [0.25, 0.3) is 0 Å². The van der Waals surface area contributed by atoms with Crippen LogP contribution >= 0.6 is 0 Å². The third kappa shape index (κ3) is 10.6. The lowest BCUT2D eigenvalue weighted by molar-refractivity contribution is -0.125. The SMILES string of the molecule is CCC[C@](C)(CNC(=O)CCCOC)NC(=O)CCCOC. The maximum absolute atomic E-state index is 12.0. The Bertz CT molecular complexity index is 323. The summed E-state index contributed by atoms with van der Waals surface area (Å²) in [7, 11) is 3.24. The molecule has 0 fully saturated rings. The first kappa shape index (κ1) is 20.9. The number of ether oxygens (including phenoxy) is 2. The van der Waals surface area contributed by atoms with Crippen LogP contribution in [0.3, 0.4) is 0 Å². The normalized spacial score (nSPS) is 13.5. The van der Waals surface area contributed by atoms with Crippen LogP contribution < -0.4 is 10.6 Å². The molecule has 0 aromatic carbocycles. The summed E-state index contributed by atoms with van der Waals surface area (Å²) in [6, 6.07) is 0. The second kappa shape index (κ2) is 12.4. The quantitative estimate of drug-likeness (QED) is 0.506. The fraction of sp³-hybridized carbons (Fsp3) is 0.875. The fourth-order valence-corrected chi connectivity index (χ4v) is 2.28. The second-order valence-corrected chi connectivity index (χ2v) is 5.83. The van der Waals surface area contributed by atoms with Gasteiger partial charge in [-0.1, -0.05) is 13.3 Å². The molecule has 2 N–H and O–H groups in total. The minimum Gasteiger partial charge on any atom is -0.385 e. The molecule has 22 heavy (non-hydrogen) atoms. The first-order chi connectivity index (χ1) is 10.5. The Hall–Kier alpha value is -1.14. The Labute approximate surface area is 134 Å². The zero-order valence-electron chi connectivity index (χ0n) is 14.5. The third-order valence-corrected chi connectivity index (χ3v) is 3.42. The van der Waals surface area contributed by atoms with E-state index >= 15 is 0 Å². The van der Waals surface area contributed by atoms with Crippen LogP contribution in [-0.4, -0.2) is 51.3 Å². The lowest BCUT2D eigenvalue weighted by atomic mass is 9.95. The topological polar surface area (TPSA) is 76.7 Å². The average Bonchev–Trinajstić information content (AvgIpc) is 2.46. The highest BCUT2D eigenvalue weighted by Gasteiger charge is 2.25. The number of nitrogens with one attached hydrogen (secondary N) is 2. The smallest absolute Gasteiger partial charge is 0.220 e. The van der Waals surface area contributed by atoms with Crippen LogP contribution in [0.15, 0.2) is 0 Å². The van der Waals surface area contributed by atoms with Gasteiger partial charge in [-0.2, -0.15) is 0 Å². The Balaban J connectivity index is 4.24. The summed E-state index contributed by atoms with van der Waals surface area (Å²) in [4.78, 5) is 23.7. The van der Waals surface area contributed by atoms with Crippen LogP contribution in [0.1, 0.15) is 52.4 Å². The molecular formula is C16H32N2O4. The fourth-order valence-electron chi connectivity index (χ4n) is 2.28. The van der Waals surface area contributed by atoms with E-state index in [1.165, 1.54) is 0 Å². The predicted octanol–water partition coefficient (Wildman–Crippen LogP) is 1.63. The van der Waals surface area contributed by atoms with E-state index in [2.05, 4.69) is 17.6 Å². The number of carbonyl (C=O) groups excluding carboxylic acids is 2. The molecule has 0 unspecified atom stereocenters. The lowest BCUT2D eigenvalue weighted by Gasteiger charge is -2.31. The summed E-state index contributed by atoms with van der Waals surface area (Å²) in [5.41, 5.74) is -0.407. The van der Waals surface area contributed by atoms with E-state index in [4.69, 9.17) is 9.47 Å². The Morgan fingerprint density at radius 1 is 1.00 bits per heavy atom. The molecule has 0 aliphatic heterocycles. The zero-order chi connectivity index (χ0) is 16.8. The van der Waals surface area contributed by atoms with Crippen LogP contribution in [0.5, 0.6) is 0 Å². The summed E-state index contributed by atoms with van der Waals surface area (Å²) in [6.07, 6.45) is 4.05. The van der Waals surface area contributed by atoms with Crippen LogP contribution in [0.4, 0.5) is 0 Å². The third-order valence-electron chi connectivity index (χ3n) is 3.42. The number of carbonyl (C=O) groups is 2. The number of hydrogen-bond donors (Lipinski definition) is 2. The minimum atomic E-state index is -0.407. The van der Waals surface area contributed by atoms with E-state index in [9.17, 15) is 9.59 Å². The largest absolute Gasteiger partial charge is 0.385 e. The second-order valence-electron chi connectivity index (χ2n) is 5.83. The van der Waals surface area contributed by atoms with E-state index < -0.39 is 5.54 Å². The van der Waals surface area contributed by atoms with Crippen molar-refractivity contribution in [3.05, 3.63) is 0 Å². The summed E-state index contributed by atoms with van der Waals surface area (Å²) >= 11 is 0. The standard InChI is InChI=1S/C16H32N2O4/c1-5-10-16(2,18-15(20)9-7-12-22-4)13-17-14(19)8-6-11-21-3/h5-13H2,1-4H3,(H,17,19)(H,18,20)/t16-/m1/s1. The summed E-state index contributed by atoms with van der Waals surface area (Å²) in [5, 5.41) is 5.95. The summed E-state index contributed by atoms with van der Waals surface area (Å²) in [6.45, 7) is 5.64. The molecule has 0 saturated carbocycles. The van der Waals surface area contributed by atoms with Gasteiger partial charge in [-0.15, -0.1) is 0 Å². The average molecular weight is 316 g/mol. The molecule has 6 heteroatoms. The van der Waals surface area contributed by atoms with Gasteiger partial charge in [0.25, 0.3) is 0 Å². The molecule has 6 nitrogen and oxygen atoms in total. The van der Waals surface area contributed by atoms with Gasteiger partial charge in [0.05, 0.1) is 5.54 Å². The first-order valence-electron chi connectivity index (χ1n) is 8.03. The number of methoxy groups -OCH3 is 2. The van der Waals surface area contributed by atoms with Crippen LogP contribution in [0.2, 0.25) is 0 Å². The van der Waals surface area contributed by atoms with E-state index in [0.717, 1.165) is 12.8 Å². The van der Waals surface area contributed by atoms with Crippen molar-refractivity contribution >= 4 is 11.8 Å². The maximum Gasteiger partial charge on any atom is 0.220 e. The van der Waals surface area contributed by atoms with E-state index in [1.54, 1.807) is 14.2 Å². The summed E-state index contributed by atoms with van der Waals surface area (Å²) in [5.74, 6) is -0.00496. The highest BCUT2D eigenvalue weighted by Crippen LogP contribution is 2.12. The molecule has 0 heterocycles. The summed E-state index contributed by atoms with van der Waals surface area (Å²) < 4.78 is 9.88. The van der Waals surface area contributed by atoms with Crippen LogP contribution in [-0.2, 0) is 19.1 Å². The number of hydrogen-bond acceptors (Lipinski definition) is 4. The molecular weight excluding hydrogens is 284 g/mol. The Morgan fingerprint density at radius 2 is 1.55 bits per heavy atom. The molecule has 0 saturated heterocycles. The monoisotopic (exact) mass is 316 g/mol. The van der Waals surface area contributed by atoms with Crippen molar-refractivity contribution in [3.8, 4) is 0 Å². The van der Waals surface area contributed by atoms with Gasteiger partial charge in [0.2, 0.25) is 11.8 Å². The van der Waals surface area contributed by atoms with Crippen molar-refractivity contribution in [2.75, 3.05) is 34.0 Å². The predicted molar refractivity (Wildman–Crippen MR) is 86.7 cm³/mol. The van der Waals surface area contributed by atoms with Crippen molar-refractivity contribution in [2.24, 2.45) is 0 Å². The lowest BCUT2D eigenvalue weighted by Crippen LogP contribution is -2.53. The van der Waals surface area contributed by atoms with Gasteiger partial charge in [0.1, 0.15) is 0 Å². The van der Waals surface area contributed by atoms with Gasteiger partial charge in [-0.25, -0.2) is 0 Å². The number of amides is 2. The zero-order valence-corrected chi connectivity index (χ0v) is 14.5. The minimum absolute atomic E-state index is 0.00151. The van der Waals surface area contributed by atoms with Gasteiger partial charge in [-0.3, -0.25) is 9.59 Å². The highest BCUT2D eigenvalue weighted by atomic mass is 16.5. The van der Waals surface area contributed by atoms with E-state index in [0.29, 0.717) is 45.4 Å². The molecule has 0 aromatic heterocycles. The van der Waals surface area contributed by atoms with Crippen molar-refractivity contribution in [3.63, 3.8) is 0 Å². The Kier molecular flexibility index (Phi) is 11.8. The molecule has 2 amide bonds.